The lowest BCUT2D eigenvalue weighted by Gasteiger charge is -2.26. The zero-order chi connectivity index (χ0) is 22.2. The van der Waals surface area contributed by atoms with Crippen molar-refractivity contribution in [3.63, 3.8) is 0 Å². The zero-order valence-corrected chi connectivity index (χ0v) is 18.6. The summed E-state index contributed by atoms with van der Waals surface area (Å²) in [5.41, 5.74) is 3.76. The van der Waals surface area contributed by atoms with Crippen LogP contribution in [0.4, 0.5) is 4.39 Å². The van der Waals surface area contributed by atoms with E-state index in [2.05, 4.69) is 19.4 Å². The second-order valence-corrected chi connectivity index (χ2v) is 8.00. The molecule has 1 fully saturated rings. The number of aromatic amines is 1. The van der Waals surface area contributed by atoms with Crippen LogP contribution in [0.5, 0.6) is 11.6 Å². The SMILES string of the molecule is COc1cc2c(nc1OC)c(-c1cc3c(Cl)c(F)cnc3[nH]1)cn2CCN1CCOCC1. The van der Waals surface area contributed by atoms with E-state index in [1.807, 2.05) is 12.3 Å². The quantitative estimate of drug-likeness (QED) is 0.473. The third-order valence-corrected chi connectivity index (χ3v) is 6.18. The average molecular weight is 460 g/mol. The van der Waals surface area contributed by atoms with Crippen molar-refractivity contribution in [1.29, 1.82) is 0 Å². The minimum absolute atomic E-state index is 0.0424. The Hall–Kier alpha value is -2.88. The molecular weight excluding hydrogens is 437 g/mol. The van der Waals surface area contributed by atoms with Gasteiger partial charge < -0.3 is 23.8 Å². The smallest absolute Gasteiger partial charge is 0.257 e. The lowest BCUT2D eigenvalue weighted by atomic mass is 10.2. The van der Waals surface area contributed by atoms with E-state index in [4.69, 9.17) is 30.8 Å². The lowest BCUT2D eigenvalue weighted by molar-refractivity contribution is 0.0365. The van der Waals surface area contributed by atoms with Crippen LogP contribution < -0.4 is 9.47 Å². The van der Waals surface area contributed by atoms with Crippen LogP contribution in [-0.4, -0.2) is 71.5 Å². The molecule has 10 heteroatoms. The molecule has 0 atom stereocenters. The first-order chi connectivity index (χ1) is 15.6. The van der Waals surface area contributed by atoms with Crippen molar-refractivity contribution in [2.75, 3.05) is 47.1 Å². The van der Waals surface area contributed by atoms with Crippen LogP contribution in [0.3, 0.4) is 0 Å². The van der Waals surface area contributed by atoms with Crippen LogP contribution in [0.1, 0.15) is 0 Å². The second-order valence-electron chi connectivity index (χ2n) is 7.62. The van der Waals surface area contributed by atoms with Gasteiger partial charge in [0, 0.05) is 49.4 Å². The predicted molar refractivity (Wildman–Crippen MR) is 120 cm³/mol. The van der Waals surface area contributed by atoms with Gasteiger partial charge in [0.05, 0.1) is 49.9 Å². The number of ether oxygens (including phenoxy) is 3. The monoisotopic (exact) mass is 459 g/mol. The highest BCUT2D eigenvalue weighted by atomic mass is 35.5. The molecule has 0 radical (unpaired) electrons. The molecule has 0 spiro atoms. The van der Waals surface area contributed by atoms with E-state index in [0.717, 1.165) is 67.9 Å². The normalized spacial score (nSPS) is 15.0. The predicted octanol–water partition coefficient (Wildman–Crippen LogP) is 3.72. The van der Waals surface area contributed by atoms with Crippen molar-refractivity contribution >= 4 is 33.7 Å². The number of aromatic nitrogens is 4. The number of rotatable bonds is 6. The molecule has 1 N–H and O–H groups in total. The number of nitrogens with one attached hydrogen (secondary N) is 1. The number of hydrogen-bond acceptors (Lipinski definition) is 6. The molecule has 168 valence electrons. The maximum atomic E-state index is 13.9. The number of halogens is 2. The summed E-state index contributed by atoms with van der Waals surface area (Å²) in [6.07, 6.45) is 3.15. The number of nitrogens with zero attached hydrogens (tertiary/aromatic N) is 4. The Bertz CT molecular complexity index is 1280. The maximum absolute atomic E-state index is 13.9. The van der Waals surface area contributed by atoms with Gasteiger partial charge in [0.2, 0.25) is 0 Å². The van der Waals surface area contributed by atoms with Gasteiger partial charge in [0.1, 0.15) is 11.2 Å². The van der Waals surface area contributed by atoms with Crippen LogP contribution in [-0.2, 0) is 11.3 Å². The van der Waals surface area contributed by atoms with Crippen LogP contribution >= 0.6 is 11.6 Å². The van der Waals surface area contributed by atoms with Crippen LogP contribution in [0.2, 0.25) is 5.02 Å². The standard InChI is InChI=1S/C22H23ClFN5O3/c1-30-18-10-17-20(27-22(18)31-2)14(12-29(17)4-3-28-5-7-32-8-6-28)16-9-13-19(23)15(24)11-25-21(13)26-16/h9-12H,3-8H2,1-2H3,(H,25,26). The largest absolute Gasteiger partial charge is 0.491 e. The summed E-state index contributed by atoms with van der Waals surface area (Å²) in [5, 5.41) is 0.567. The van der Waals surface area contributed by atoms with Crippen molar-refractivity contribution in [3.05, 3.63) is 35.4 Å². The van der Waals surface area contributed by atoms with Crippen molar-refractivity contribution in [2.24, 2.45) is 0 Å². The van der Waals surface area contributed by atoms with Gasteiger partial charge in [-0.2, -0.15) is 0 Å². The van der Waals surface area contributed by atoms with Gasteiger partial charge >= 0.3 is 0 Å². The maximum Gasteiger partial charge on any atom is 0.257 e. The Labute approximate surface area is 188 Å². The summed E-state index contributed by atoms with van der Waals surface area (Å²) in [6, 6.07) is 3.73. The van der Waals surface area contributed by atoms with E-state index in [9.17, 15) is 4.39 Å². The van der Waals surface area contributed by atoms with Crippen molar-refractivity contribution < 1.29 is 18.6 Å². The molecule has 32 heavy (non-hydrogen) atoms. The first kappa shape index (κ1) is 21.0. The zero-order valence-electron chi connectivity index (χ0n) is 17.8. The molecule has 5 rings (SSSR count). The van der Waals surface area contributed by atoms with Gasteiger partial charge in [-0.15, -0.1) is 0 Å². The number of pyridine rings is 2. The molecular formula is C22H23ClFN5O3. The van der Waals surface area contributed by atoms with Gasteiger partial charge in [-0.3, -0.25) is 4.90 Å². The van der Waals surface area contributed by atoms with Crippen LogP contribution in [0, 0.1) is 5.82 Å². The summed E-state index contributed by atoms with van der Waals surface area (Å²) in [4.78, 5) is 14.5. The minimum atomic E-state index is -0.554. The lowest BCUT2D eigenvalue weighted by Crippen LogP contribution is -2.38. The Morgan fingerprint density at radius 2 is 2.00 bits per heavy atom. The number of morpholine rings is 1. The Morgan fingerprint density at radius 3 is 2.75 bits per heavy atom. The van der Waals surface area contributed by atoms with Crippen molar-refractivity contribution in [3.8, 4) is 22.9 Å². The minimum Gasteiger partial charge on any atom is -0.491 e. The first-order valence-electron chi connectivity index (χ1n) is 10.3. The Morgan fingerprint density at radius 1 is 1.19 bits per heavy atom. The van der Waals surface area contributed by atoms with Gasteiger partial charge in [-0.05, 0) is 6.07 Å². The number of fused-ring (bicyclic) bond motifs is 2. The highest BCUT2D eigenvalue weighted by Gasteiger charge is 2.20. The molecule has 4 aromatic heterocycles. The third-order valence-electron chi connectivity index (χ3n) is 5.80. The number of H-pyrrole nitrogens is 1. The summed E-state index contributed by atoms with van der Waals surface area (Å²) >= 11 is 6.17. The fourth-order valence-electron chi connectivity index (χ4n) is 4.08. The van der Waals surface area contributed by atoms with Crippen LogP contribution in [0.25, 0.3) is 33.3 Å². The molecule has 1 saturated heterocycles. The van der Waals surface area contributed by atoms with E-state index in [1.54, 1.807) is 20.3 Å². The average Bonchev–Trinajstić information content (AvgIpc) is 3.41. The van der Waals surface area contributed by atoms with E-state index in [0.29, 0.717) is 22.7 Å². The van der Waals surface area contributed by atoms with Crippen molar-refractivity contribution in [2.45, 2.75) is 6.54 Å². The van der Waals surface area contributed by atoms with E-state index in [-0.39, 0.29) is 5.02 Å². The summed E-state index contributed by atoms with van der Waals surface area (Å²) in [5.74, 6) is 0.397. The summed E-state index contributed by atoms with van der Waals surface area (Å²) in [6.45, 7) is 4.99. The summed E-state index contributed by atoms with van der Waals surface area (Å²) < 4.78 is 32.4. The number of methoxy groups -OCH3 is 2. The number of hydrogen-bond donors (Lipinski definition) is 1. The molecule has 5 heterocycles. The van der Waals surface area contributed by atoms with Gasteiger partial charge in [0.25, 0.3) is 5.88 Å². The van der Waals surface area contributed by atoms with Gasteiger partial charge in [-0.1, -0.05) is 11.6 Å². The Balaban J connectivity index is 1.62. The fraction of sp³-hybridized carbons (Fsp3) is 0.364. The molecule has 0 saturated carbocycles. The molecule has 0 aliphatic carbocycles. The summed E-state index contributed by atoms with van der Waals surface area (Å²) in [7, 11) is 3.15. The van der Waals surface area contributed by atoms with Crippen molar-refractivity contribution in [1.82, 2.24) is 24.4 Å². The molecule has 1 aliphatic rings. The molecule has 0 amide bonds. The Kier molecular flexibility index (Phi) is 5.62. The third kappa shape index (κ3) is 3.66. The molecule has 0 aromatic carbocycles. The molecule has 8 nitrogen and oxygen atoms in total. The highest BCUT2D eigenvalue weighted by molar-refractivity contribution is 6.35. The second kappa shape index (κ2) is 8.57. The molecule has 0 bridgehead atoms. The van der Waals surface area contributed by atoms with Gasteiger partial charge in [0.15, 0.2) is 11.6 Å². The molecule has 0 unspecified atom stereocenters. The van der Waals surface area contributed by atoms with Crippen LogP contribution in [0.15, 0.2) is 24.5 Å². The molecule has 1 aliphatic heterocycles. The molecule has 4 aromatic rings. The van der Waals surface area contributed by atoms with E-state index >= 15 is 0 Å². The highest BCUT2D eigenvalue weighted by Crippen LogP contribution is 2.37. The van der Waals surface area contributed by atoms with E-state index < -0.39 is 5.82 Å². The topological polar surface area (TPSA) is 77.4 Å². The fourth-order valence-corrected chi connectivity index (χ4v) is 4.28. The van der Waals surface area contributed by atoms with Gasteiger partial charge in [-0.25, -0.2) is 14.4 Å². The van der Waals surface area contributed by atoms with E-state index in [1.165, 1.54) is 0 Å². The first-order valence-corrected chi connectivity index (χ1v) is 10.7.